The minimum absolute atomic E-state index is 0.0647. The monoisotopic (exact) mass is 282 g/mol. The highest BCUT2D eigenvalue weighted by Crippen LogP contribution is 2.48. The number of esters is 2. The van der Waals surface area contributed by atoms with Gasteiger partial charge in [0.2, 0.25) is 0 Å². The van der Waals surface area contributed by atoms with E-state index in [9.17, 15) is 9.59 Å². The molecule has 0 atom stereocenters. The number of ether oxygens (including phenoxy) is 2. The SMILES string of the molecule is COC(=O)c1cc2c(cc1COC(C)=O)-c1ccccc1-2. The molecule has 0 unspecified atom stereocenters. The Hall–Kier alpha value is -2.62. The molecule has 0 aliphatic heterocycles. The molecule has 21 heavy (non-hydrogen) atoms. The quantitative estimate of drug-likeness (QED) is 0.692. The van der Waals surface area contributed by atoms with Gasteiger partial charge < -0.3 is 9.47 Å². The largest absolute Gasteiger partial charge is 0.465 e. The molecule has 1 aliphatic rings. The van der Waals surface area contributed by atoms with Crippen LogP contribution in [0.2, 0.25) is 0 Å². The maximum atomic E-state index is 11.9. The zero-order valence-corrected chi connectivity index (χ0v) is 11.8. The first-order valence-electron chi connectivity index (χ1n) is 6.60. The van der Waals surface area contributed by atoms with E-state index >= 15 is 0 Å². The van der Waals surface area contributed by atoms with Gasteiger partial charge in [0.05, 0.1) is 12.7 Å². The van der Waals surface area contributed by atoms with Gasteiger partial charge >= 0.3 is 11.9 Å². The van der Waals surface area contributed by atoms with Crippen molar-refractivity contribution < 1.29 is 19.1 Å². The maximum absolute atomic E-state index is 11.9. The van der Waals surface area contributed by atoms with Gasteiger partial charge in [-0.25, -0.2) is 4.79 Å². The normalized spacial score (nSPS) is 11.0. The predicted molar refractivity (Wildman–Crippen MR) is 77.7 cm³/mol. The first-order valence-corrected chi connectivity index (χ1v) is 6.60. The predicted octanol–water partition coefficient (Wildman–Crippen LogP) is 3.18. The fourth-order valence-electron chi connectivity index (χ4n) is 2.58. The third-order valence-electron chi connectivity index (χ3n) is 3.59. The lowest BCUT2D eigenvalue weighted by Gasteiger charge is -2.25. The minimum atomic E-state index is -0.427. The number of carbonyl (C=O) groups is 2. The second-order valence-electron chi connectivity index (χ2n) is 4.87. The molecule has 3 rings (SSSR count). The molecular weight excluding hydrogens is 268 g/mol. The first-order chi connectivity index (χ1) is 10.1. The van der Waals surface area contributed by atoms with Crippen molar-refractivity contribution >= 4 is 11.9 Å². The van der Waals surface area contributed by atoms with Gasteiger partial charge in [0, 0.05) is 12.5 Å². The number of rotatable bonds is 3. The van der Waals surface area contributed by atoms with E-state index in [1.54, 1.807) is 0 Å². The van der Waals surface area contributed by atoms with Crippen LogP contribution in [0.5, 0.6) is 0 Å². The van der Waals surface area contributed by atoms with Crippen LogP contribution in [0.3, 0.4) is 0 Å². The van der Waals surface area contributed by atoms with Crippen molar-refractivity contribution in [2.75, 3.05) is 7.11 Å². The molecule has 0 aromatic heterocycles. The van der Waals surface area contributed by atoms with Crippen LogP contribution < -0.4 is 0 Å². The Kier molecular flexibility index (Phi) is 3.22. The van der Waals surface area contributed by atoms with E-state index < -0.39 is 5.97 Å². The molecule has 0 saturated heterocycles. The van der Waals surface area contributed by atoms with Crippen LogP contribution in [0, 0.1) is 0 Å². The topological polar surface area (TPSA) is 52.6 Å². The Balaban J connectivity index is 2.05. The highest BCUT2D eigenvalue weighted by molar-refractivity contribution is 6.05. The van der Waals surface area contributed by atoms with Crippen molar-refractivity contribution in [1.82, 2.24) is 0 Å². The van der Waals surface area contributed by atoms with Gasteiger partial charge in [-0.15, -0.1) is 0 Å². The van der Waals surface area contributed by atoms with E-state index in [1.165, 1.54) is 14.0 Å². The average Bonchev–Trinajstić information content (AvgIpc) is 2.49. The van der Waals surface area contributed by atoms with Gasteiger partial charge in [-0.2, -0.15) is 0 Å². The summed E-state index contributed by atoms with van der Waals surface area (Å²) < 4.78 is 9.83. The summed E-state index contributed by atoms with van der Waals surface area (Å²) in [5.41, 5.74) is 5.46. The highest BCUT2D eigenvalue weighted by Gasteiger charge is 2.26. The number of carbonyl (C=O) groups excluding carboxylic acids is 2. The lowest BCUT2D eigenvalue weighted by molar-refractivity contribution is -0.142. The maximum Gasteiger partial charge on any atom is 0.338 e. The fourth-order valence-corrected chi connectivity index (χ4v) is 2.58. The summed E-state index contributed by atoms with van der Waals surface area (Å²) in [5, 5.41) is 0. The van der Waals surface area contributed by atoms with Gasteiger partial charge in [0.1, 0.15) is 6.61 Å². The molecule has 0 heterocycles. The second kappa shape index (κ2) is 5.05. The van der Waals surface area contributed by atoms with E-state index in [-0.39, 0.29) is 12.6 Å². The van der Waals surface area contributed by atoms with Crippen molar-refractivity contribution in [3.63, 3.8) is 0 Å². The van der Waals surface area contributed by atoms with Crippen molar-refractivity contribution in [3.8, 4) is 22.3 Å². The summed E-state index contributed by atoms with van der Waals surface area (Å²) >= 11 is 0. The zero-order valence-electron chi connectivity index (χ0n) is 11.8. The van der Waals surface area contributed by atoms with Crippen molar-refractivity contribution in [1.29, 1.82) is 0 Å². The molecule has 0 amide bonds. The van der Waals surface area contributed by atoms with Crippen LogP contribution in [0.1, 0.15) is 22.8 Å². The summed E-state index contributed by atoms with van der Waals surface area (Å²) in [6.45, 7) is 1.41. The molecule has 2 aromatic rings. The Labute approximate surface area is 122 Å². The standard InChI is InChI=1S/C17H14O4/c1-10(18)21-9-11-7-15-12-5-3-4-6-13(12)16(15)8-14(11)17(19)20-2/h3-8H,9H2,1-2H3. The van der Waals surface area contributed by atoms with Crippen LogP contribution in [0.25, 0.3) is 22.3 Å². The fraction of sp³-hybridized carbons (Fsp3) is 0.176. The molecule has 0 spiro atoms. The summed E-state index contributed by atoms with van der Waals surface area (Å²) in [6, 6.07) is 11.7. The Bertz CT molecular complexity index is 746. The number of benzene rings is 2. The summed E-state index contributed by atoms with van der Waals surface area (Å²) in [4.78, 5) is 22.9. The molecule has 1 aliphatic carbocycles. The smallest absolute Gasteiger partial charge is 0.338 e. The average molecular weight is 282 g/mol. The van der Waals surface area contributed by atoms with Gasteiger partial charge in [-0.3, -0.25) is 4.79 Å². The molecule has 4 nitrogen and oxygen atoms in total. The van der Waals surface area contributed by atoms with Gasteiger partial charge in [0.15, 0.2) is 0 Å². The number of fused-ring (bicyclic) bond motifs is 4. The molecule has 2 aromatic carbocycles. The van der Waals surface area contributed by atoms with Crippen LogP contribution in [0.15, 0.2) is 36.4 Å². The van der Waals surface area contributed by atoms with Crippen LogP contribution in [-0.4, -0.2) is 19.0 Å². The third-order valence-corrected chi connectivity index (χ3v) is 3.59. The lowest BCUT2D eigenvalue weighted by atomic mass is 9.78. The number of hydrogen-bond acceptors (Lipinski definition) is 4. The molecule has 4 heteroatoms. The van der Waals surface area contributed by atoms with Crippen molar-refractivity contribution in [2.24, 2.45) is 0 Å². The Morgan fingerprint density at radius 3 is 2.19 bits per heavy atom. The first kappa shape index (κ1) is 13.4. The zero-order chi connectivity index (χ0) is 15.0. The highest BCUT2D eigenvalue weighted by atomic mass is 16.5. The molecule has 0 radical (unpaired) electrons. The van der Waals surface area contributed by atoms with Gasteiger partial charge in [-0.1, -0.05) is 24.3 Å². The van der Waals surface area contributed by atoms with Crippen molar-refractivity contribution in [3.05, 3.63) is 47.5 Å². The van der Waals surface area contributed by atoms with Crippen molar-refractivity contribution in [2.45, 2.75) is 13.5 Å². The van der Waals surface area contributed by atoms with Crippen LogP contribution in [0.4, 0.5) is 0 Å². The molecule has 106 valence electrons. The third kappa shape index (κ3) is 2.18. The van der Waals surface area contributed by atoms with Gasteiger partial charge in [-0.05, 0) is 34.4 Å². The summed E-state index contributed by atoms with van der Waals surface area (Å²) in [5.74, 6) is -0.807. The summed E-state index contributed by atoms with van der Waals surface area (Å²) in [7, 11) is 1.34. The molecule has 0 bridgehead atoms. The second-order valence-corrected chi connectivity index (χ2v) is 4.87. The van der Waals surface area contributed by atoms with E-state index in [4.69, 9.17) is 9.47 Å². The molecular formula is C17H14O4. The minimum Gasteiger partial charge on any atom is -0.465 e. The Morgan fingerprint density at radius 1 is 1.00 bits per heavy atom. The Morgan fingerprint density at radius 2 is 1.62 bits per heavy atom. The summed E-state index contributed by atoms with van der Waals surface area (Å²) in [6.07, 6.45) is 0. The lowest BCUT2D eigenvalue weighted by Crippen LogP contribution is -2.11. The van der Waals surface area contributed by atoms with Crippen LogP contribution in [-0.2, 0) is 20.9 Å². The van der Waals surface area contributed by atoms with E-state index in [0.29, 0.717) is 11.1 Å². The van der Waals surface area contributed by atoms with Crippen LogP contribution >= 0.6 is 0 Å². The molecule has 0 saturated carbocycles. The molecule has 0 fully saturated rings. The van der Waals surface area contributed by atoms with E-state index in [0.717, 1.165) is 22.3 Å². The number of hydrogen-bond donors (Lipinski definition) is 0. The van der Waals surface area contributed by atoms with E-state index in [1.807, 2.05) is 36.4 Å². The molecule has 0 N–H and O–H groups in total. The number of methoxy groups -OCH3 is 1. The van der Waals surface area contributed by atoms with E-state index in [2.05, 4.69) is 0 Å². The van der Waals surface area contributed by atoms with Gasteiger partial charge in [0.25, 0.3) is 0 Å².